The largest absolute Gasteiger partial charge is 0.524 e. The molecule has 8 atom stereocenters. The lowest BCUT2D eigenvalue weighted by atomic mass is 9.80. The summed E-state index contributed by atoms with van der Waals surface area (Å²) in [5.74, 6) is -12.3. The Hall–Kier alpha value is -7.82. The molecule has 1 aliphatic carbocycles. The van der Waals surface area contributed by atoms with Crippen LogP contribution >= 0.6 is 19.6 Å². The molecule has 496 valence electrons. The zero-order valence-electron chi connectivity index (χ0n) is 51.7. The lowest BCUT2D eigenvalue weighted by Crippen LogP contribution is -2.65. The molecule has 16 N–H and O–H groups in total. The predicted octanol–water partition coefficient (Wildman–Crippen LogP) is -0.785. The zero-order valence-corrected chi connectivity index (χ0v) is 53.4. The number of phenols is 1. The van der Waals surface area contributed by atoms with Gasteiger partial charge in [-0.3, -0.25) is 67.3 Å². The second-order valence-electron chi connectivity index (χ2n) is 25.0. The first-order valence-corrected chi connectivity index (χ1v) is 32.6. The Kier molecular flexibility index (Phi) is 26.6. The highest BCUT2D eigenvalue weighted by Crippen LogP contribution is 2.37. The van der Waals surface area contributed by atoms with Crippen molar-refractivity contribution in [2.75, 3.05) is 24.6 Å². The van der Waals surface area contributed by atoms with E-state index in [0.717, 1.165) is 11.8 Å². The van der Waals surface area contributed by atoms with Gasteiger partial charge in [-0.25, -0.2) is 4.57 Å². The summed E-state index contributed by atoms with van der Waals surface area (Å²) in [6, 6.07) is -0.595. The van der Waals surface area contributed by atoms with Gasteiger partial charge in [0.2, 0.25) is 70.9 Å². The van der Waals surface area contributed by atoms with Gasteiger partial charge in [0.05, 0.1) is 18.7 Å². The van der Waals surface area contributed by atoms with E-state index in [1.54, 1.807) is 48.5 Å². The number of phosphoric ester groups is 1. The van der Waals surface area contributed by atoms with E-state index >= 15 is 0 Å². The van der Waals surface area contributed by atoms with Crippen LogP contribution in [-0.4, -0.2) is 169 Å². The van der Waals surface area contributed by atoms with Crippen LogP contribution in [-0.2, 0) is 74.9 Å². The molecule has 29 nitrogen and oxygen atoms in total. The molecular weight excluding hydrogens is 1210 g/mol. The van der Waals surface area contributed by atoms with E-state index in [9.17, 15) is 77.0 Å². The number of hydrogen-bond donors (Lipinski definition) is 14. The highest BCUT2D eigenvalue weighted by atomic mass is 32.2. The van der Waals surface area contributed by atoms with E-state index < -0.39 is 157 Å². The molecule has 1 spiro atoms. The molecule has 2 aromatic carbocycles. The van der Waals surface area contributed by atoms with Crippen LogP contribution in [0.25, 0.3) is 0 Å². The highest BCUT2D eigenvalue weighted by molar-refractivity contribution is 8.00. The number of nitrogens with two attached hydrogens (primary N) is 2. The van der Waals surface area contributed by atoms with Crippen LogP contribution in [0.4, 0.5) is 0 Å². The van der Waals surface area contributed by atoms with Crippen molar-refractivity contribution in [3.63, 3.8) is 0 Å². The van der Waals surface area contributed by atoms with Crippen LogP contribution in [0.2, 0.25) is 0 Å². The molecule has 2 aromatic rings. The Morgan fingerprint density at radius 1 is 0.689 bits per heavy atom. The molecule has 90 heavy (non-hydrogen) atoms. The van der Waals surface area contributed by atoms with Gasteiger partial charge in [-0.1, -0.05) is 92.0 Å². The van der Waals surface area contributed by atoms with E-state index in [1.165, 1.54) is 53.4 Å². The van der Waals surface area contributed by atoms with Crippen molar-refractivity contribution in [3.8, 4) is 11.5 Å². The van der Waals surface area contributed by atoms with Gasteiger partial charge in [-0.15, -0.1) is 11.8 Å². The monoisotopic (exact) mass is 1300 g/mol. The highest BCUT2D eigenvalue weighted by Gasteiger charge is 2.45. The van der Waals surface area contributed by atoms with Crippen molar-refractivity contribution in [1.29, 1.82) is 0 Å². The zero-order chi connectivity index (χ0) is 66.8. The molecular formula is C59H87N12O17PS. The number of phenolic OH excluding ortho intramolecular Hbond substituents is 1. The molecule has 0 unspecified atom stereocenters. The van der Waals surface area contributed by atoms with Gasteiger partial charge in [-0.2, -0.15) is 0 Å². The number of carbonyl (C=O) groups excluding carboxylic acids is 12. The second kappa shape index (κ2) is 32.8. The van der Waals surface area contributed by atoms with Gasteiger partial charge in [0, 0.05) is 25.1 Å². The van der Waals surface area contributed by atoms with E-state index in [1.807, 2.05) is 0 Å². The third-order valence-corrected chi connectivity index (χ3v) is 16.8. The van der Waals surface area contributed by atoms with Crippen LogP contribution in [0, 0.1) is 17.3 Å². The number of phosphoric acid groups is 1. The number of rotatable bonds is 13. The van der Waals surface area contributed by atoms with Crippen LogP contribution in [0.1, 0.15) is 124 Å². The number of hydrogen-bond acceptors (Lipinski definition) is 16. The number of primary amides is 2. The van der Waals surface area contributed by atoms with E-state index in [2.05, 4.69) is 52.4 Å². The summed E-state index contributed by atoms with van der Waals surface area (Å²) < 4.78 is 16.2. The van der Waals surface area contributed by atoms with Crippen LogP contribution in [0.15, 0.2) is 48.5 Å². The van der Waals surface area contributed by atoms with Crippen molar-refractivity contribution in [2.24, 2.45) is 28.7 Å². The summed E-state index contributed by atoms with van der Waals surface area (Å²) in [5, 5.41) is 33.8. The maximum Gasteiger partial charge on any atom is 0.524 e. The number of amides is 12. The Morgan fingerprint density at radius 3 is 1.79 bits per heavy atom. The molecule has 0 radical (unpaired) electrons. The minimum atomic E-state index is -4.99. The molecule has 0 aromatic heterocycles. The van der Waals surface area contributed by atoms with Gasteiger partial charge < -0.3 is 73.8 Å². The summed E-state index contributed by atoms with van der Waals surface area (Å²) in [5.41, 5.74) is 9.91. The molecule has 2 aliphatic heterocycles. The molecule has 3 fully saturated rings. The standard InChI is InChI=1S/C59H87N12O17PS/c1-32(2)24-38-50(77)64-39(25-35-15-19-37(20-16-35)88-89(85,86)87)51(78)66-41(27-45(60)73)52(79)69-48(33(3)4)56(83)62-29-46(74)63-42(28-58(5,6)7)53(80)65-40(26-34-13-17-36(72)18-14-34)54(81)70-59(21-9-8-10-22-59)57(84)68-43(49(61)76)30-90-31-47(75)71-23-11-12-44(71)55(82)67-38/h13-20,32-33,38-44,48,72H,8-12,21-31H2,1-7H3,(H2,60,73)(H2,61,76)(H,62,83)(H,63,74)(H,64,77)(H,65,80)(H,66,78)(H,67,82)(H,68,84)(H,69,79)(H,70,81)(H2,85,86,87)/t38-,39-,40-,41-,42-,43-,44-,48-/m0/s1. The lowest BCUT2D eigenvalue weighted by molar-refractivity contribution is -0.138. The minimum Gasteiger partial charge on any atom is -0.508 e. The SMILES string of the molecule is CC(C)C[C@@H]1NC(=O)[C@@H]2CCCN2C(=O)CSC[C@@H](C(N)=O)NC(=O)C2(CCCCC2)NC(=O)[C@H](Cc2ccc(O)cc2)NC(=O)[C@H](CC(C)(C)C)NC(=O)CNC(=O)[C@H](C(C)C)NC(=O)[C@H](CC(N)=O)NC(=O)[C@H](Cc2ccc(OP(=O)(O)O)cc2)NC1=O. The Bertz CT molecular complexity index is 2990. The van der Waals surface area contributed by atoms with E-state index in [4.69, 9.17) is 11.5 Å². The predicted molar refractivity (Wildman–Crippen MR) is 329 cm³/mol. The summed E-state index contributed by atoms with van der Waals surface area (Å²) in [7, 11) is -4.99. The van der Waals surface area contributed by atoms with Gasteiger partial charge in [-0.05, 0) is 91.2 Å². The number of fused-ring (bicyclic) bond motifs is 1. The molecule has 12 amide bonds. The van der Waals surface area contributed by atoms with Crippen molar-refractivity contribution in [1.82, 2.24) is 52.8 Å². The third kappa shape index (κ3) is 22.9. The molecule has 5 rings (SSSR count). The van der Waals surface area contributed by atoms with Gasteiger partial charge in [0.1, 0.15) is 65.4 Å². The normalized spacial score (nSPS) is 24.9. The van der Waals surface area contributed by atoms with E-state index in [-0.39, 0.29) is 86.0 Å². The maximum atomic E-state index is 14.7. The van der Waals surface area contributed by atoms with Gasteiger partial charge in [0.25, 0.3) is 0 Å². The minimum absolute atomic E-state index is 0.00194. The quantitative estimate of drug-likeness (QED) is 0.109. The fourth-order valence-corrected chi connectivity index (χ4v) is 12.1. The first-order chi connectivity index (χ1) is 42.1. The van der Waals surface area contributed by atoms with Crippen LogP contribution in [0.3, 0.4) is 0 Å². The van der Waals surface area contributed by atoms with Crippen molar-refractivity contribution < 1.29 is 81.5 Å². The molecule has 2 heterocycles. The number of carbonyl (C=O) groups is 12. The van der Waals surface area contributed by atoms with Gasteiger partial charge >= 0.3 is 7.82 Å². The summed E-state index contributed by atoms with van der Waals surface area (Å²) >= 11 is 0.947. The van der Waals surface area contributed by atoms with Crippen molar-refractivity contribution in [2.45, 2.75) is 179 Å². The number of benzene rings is 2. The Balaban J connectivity index is 1.54. The summed E-state index contributed by atoms with van der Waals surface area (Å²) in [6.45, 7) is 11.4. The first kappa shape index (κ1) is 72.9. The summed E-state index contributed by atoms with van der Waals surface area (Å²) in [6.07, 6.45) is 1.09. The van der Waals surface area contributed by atoms with E-state index in [0.29, 0.717) is 31.2 Å². The van der Waals surface area contributed by atoms with Crippen molar-refractivity contribution >= 4 is 90.5 Å². The number of aromatic hydroxyl groups is 1. The number of nitrogens with one attached hydrogen (secondary N) is 9. The molecule has 0 bridgehead atoms. The number of nitrogens with zero attached hydrogens (tertiary/aromatic N) is 1. The Labute approximate surface area is 526 Å². The fraction of sp³-hybridized carbons (Fsp3) is 0.593. The van der Waals surface area contributed by atoms with Crippen LogP contribution in [0.5, 0.6) is 11.5 Å². The second-order valence-corrected chi connectivity index (χ2v) is 27.2. The molecule has 31 heteroatoms. The smallest absolute Gasteiger partial charge is 0.508 e. The Morgan fingerprint density at radius 2 is 1.23 bits per heavy atom. The lowest BCUT2D eigenvalue weighted by Gasteiger charge is -2.38. The summed E-state index contributed by atoms with van der Waals surface area (Å²) in [4.78, 5) is 189. The average molecular weight is 1300 g/mol. The third-order valence-electron chi connectivity index (χ3n) is 15.3. The van der Waals surface area contributed by atoms with Gasteiger partial charge in [0.15, 0.2) is 0 Å². The van der Waals surface area contributed by atoms with Crippen molar-refractivity contribution in [3.05, 3.63) is 59.7 Å². The average Bonchev–Trinajstić information content (AvgIpc) is 1.20. The topological polar surface area (TPSA) is 455 Å². The molecule has 1 saturated carbocycles. The molecule has 2 saturated heterocycles. The fourth-order valence-electron chi connectivity index (χ4n) is 10.7. The van der Waals surface area contributed by atoms with Crippen LogP contribution < -0.4 is 63.8 Å². The number of thioether (sulfide) groups is 1. The maximum absolute atomic E-state index is 14.7. The first-order valence-electron chi connectivity index (χ1n) is 29.9. The molecule has 3 aliphatic rings.